The van der Waals surface area contributed by atoms with Crippen LogP contribution >= 0.6 is 0 Å². The lowest BCUT2D eigenvalue weighted by Gasteiger charge is -2.08. The summed E-state index contributed by atoms with van der Waals surface area (Å²) in [5.74, 6) is 0. The highest BCUT2D eigenvalue weighted by Crippen LogP contribution is 2.29. The van der Waals surface area contributed by atoms with Crippen LogP contribution in [0.25, 0.3) is 16.5 Å². The second-order valence-corrected chi connectivity index (χ2v) is 5.03. The van der Waals surface area contributed by atoms with Crippen LogP contribution in [0.2, 0.25) is 0 Å². The van der Waals surface area contributed by atoms with Gasteiger partial charge in [-0.15, -0.1) is 0 Å². The van der Waals surface area contributed by atoms with Crippen molar-refractivity contribution in [3.05, 3.63) is 46.1 Å². The molecule has 0 fully saturated rings. The van der Waals surface area contributed by atoms with E-state index in [0.29, 0.717) is 0 Å². The van der Waals surface area contributed by atoms with Gasteiger partial charge in [-0.3, -0.25) is 10.1 Å². The van der Waals surface area contributed by atoms with Crippen LogP contribution in [0.15, 0.2) is 30.5 Å². The van der Waals surface area contributed by atoms with Crippen LogP contribution in [0.3, 0.4) is 0 Å². The van der Waals surface area contributed by atoms with Crippen molar-refractivity contribution in [2.24, 2.45) is 0 Å². The Hall–Kier alpha value is -2.14. The molecule has 0 saturated heterocycles. The second kappa shape index (κ2) is 5.88. The summed E-state index contributed by atoms with van der Waals surface area (Å²) in [6.07, 6.45) is 4.99. The standard InChI is InChI=1S/C15H19N3O2/c1-4-11(7-8-17(2)3)14-10-16-15-6-5-12(18(19)20)9-13(14)15/h5-7,9-10,16H,4,8H2,1-3H3/b11-7+. The molecule has 0 aliphatic rings. The summed E-state index contributed by atoms with van der Waals surface area (Å²) in [5.41, 5.74) is 3.30. The number of likely N-dealkylation sites (N-methyl/N-ethyl adjacent to an activating group) is 1. The first-order valence-corrected chi connectivity index (χ1v) is 6.62. The molecule has 0 atom stereocenters. The van der Waals surface area contributed by atoms with Crippen LogP contribution in [0.1, 0.15) is 18.9 Å². The topological polar surface area (TPSA) is 62.2 Å². The van der Waals surface area contributed by atoms with Crippen LogP contribution in [-0.4, -0.2) is 35.4 Å². The third-order valence-corrected chi connectivity index (χ3v) is 3.31. The molecule has 0 aliphatic carbocycles. The zero-order valence-electron chi connectivity index (χ0n) is 12.0. The largest absolute Gasteiger partial charge is 0.361 e. The van der Waals surface area contributed by atoms with Crippen molar-refractivity contribution in [3.8, 4) is 0 Å². The molecule has 2 rings (SSSR count). The van der Waals surface area contributed by atoms with Gasteiger partial charge in [-0.05, 0) is 32.2 Å². The molecule has 0 aliphatic heterocycles. The lowest BCUT2D eigenvalue weighted by molar-refractivity contribution is -0.384. The average Bonchev–Trinajstić information content (AvgIpc) is 2.82. The van der Waals surface area contributed by atoms with Gasteiger partial charge in [0.1, 0.15) is 0 Å². The number of hydrogen-bond donors (Lipinski definition) is 1. The van der Waals surface area contributed by atoms with E-state index >= 15 is 0 Å². The Morgan fingerprint density at radius 3 is 2.80 bits per heavy atom. The zero-order valence-corrected chi connectivity index (χ0v) is 12.0. The van der Waals surface area contributed by atoms with E-state index in [1.165, 1.54) is 11.6 Å². The molecule has 5 nitrogen and oxygen atoms in total. The van der Waals surface area contributed by atoms with Gasteiger partial charge in [0.15, 0.2) is 0 Å². The van der Waals surface area contributed by atoms with E-state index in [2.05, 4.69) is 22.9 Å². The molecule has 5 heteroatoms. The molecule has 20 heavy (non-hydrogen) atoms. The van der Waals surface area contributed by atoms with Crippen molar-refractivity contribution in [2.75, 3.05) is 20.6 Å². The minimum Gasteiger partial charge on any atom is -0.361 e. The highest BCUT2D eigenvalue weighted by Gasteiger charge is 2.12. The Morgan fingerprint density at radius 2 is 2.20 bits per heavy atom. The summed E-state index contributed by atoms with van der Waals surface area (Å²) in [5, 5.41) is 11.8. The van der Waals surface area contributed by atoms with Gasteiger partial charge in [0.05, 0.1) is 4.92 Å². The number of H-pyrrole nitrogens is 1. The van der Waals surface area contributed by atoms with Crippen LogP contribution in [-0.2, 0) is 0 Å². The maximum atomic E-state index is 10.9. The molecule has 0 saturated carbocycles. The summed E-state index contributed by atoms with van der Waals surface area (Å²) in [7, 11) is 4.04. The van der Waals surface area contributed by atoms with E-state index in [1.807, 2.05) is 20.3 Å². The lowest BCUT2D eigenvalue weighted by Crippen LogP contribution is -2.11. The number of aromatic amines is 1. The van der Waals surface area contributed by atoms with E-state index in [9.17, 15) is 10.1 Å². The summed E-state index contributed by atoms with van der Waals surface area (Å²) in [4.78, 5) is 15.8. The minimum atomic E-state index is -0.356. The van der Waals surface area contributed by atoms with E-state index in [0.717, 1.165) is 29.4 Å². The highest BCUT2D eigenvalue weighted by molar-refractivity contribution is 5.93. The maximum absolute atomic E-state index is 10.9. The van der Waals surface area contributed by atoms with Gasteiger partial charge in [-0.25, -0.2) is 0 Å². The van der Waals surface area contributed by atoms with Crippen molar-refractivity contribution < 1.29 is 4.92 Å². The lowest BCUT2D eigenvalue weighted by atomic mass is 10.0. The summed E-state index contributed by atoms with van der Waals surface area (Å²) >= 11 is 0. The summed E-state index contributed by atoms with van der Waals surface area (Å²) in [6.45, 7) is 2.95. The van der Waals surface area contributed by atoms with Crippen LogP contribution < -0.4 is 0 Å². The number of nitro groups is 1. The molecule has 106 valence electrons. The molecule has 0 radical (unpaired) electrons. The molecular weight excluding hydrogens is 254 g/mol. The van der Waals surface area contributed by atoms with Gasteiger partial charge >= 0.3 is 0 Å². The van der Waals surface area contributed by atoms with Gasteiger partial charge in [0.25, 0.3) is 5.69 Å². The number of fused-ring (bicyclic) bond motifs is 1. The molecule has 1 aromatic carbocycles. The third kappa shape index (κ3) is 2.88. The van der Waals surface area contributed by atoms with Crippen molar-refractivity contribution in [1.82, 2.24) is 9.88 Å². The van der Waals surface area contributed by atoms with E-state index < -0.39 is 0 Å². The summed E-state index contributed by atoms with van der Waals surface area (Å²) < 4.78 is 0. The molecule has 2 aromatic rings. The van der Waals surface area contributed by atoms with Gasteiger partial charge in [-0.1, -0.05) is 13.0 Å². The number of nitrogens with zero attached hydrogens (tertiary/aromatic N) is 2. The fourth-order valence-corrected chi connectivity index (χ4v) is 2.23. The summed E-state index contributed by atoms with van der Waals surface area (Å²) in [6, 6.07) is 4.92. The zero-order chi connectivity index (χ0) is 14.7. The molecule has 1 heterocycles. The Morgan fingerprint density at radius 1 is 1.45 bits per heavy atom. The minimum absolute atomic E-state index is 0.126. The van der Waals surface area contributed by atoms with Crippen LogP contribution in [0, 0.1) is 10.1 Å². The molecule has 1 N–H and O–H groups in total. The number of allylic oxidation sites excluding steroid dienone is 1. The fraction of sp³-hybridized carbons (Fsp3) is 0.333. The monoisotopic (exact) mass is 273 g/mol. The third-order valence-electron chi connectivity index (χ3n) is 3.31. The number of aromatic nitrogens is 1. The van der Waals surface area contributed by atoms with Gasteiger partial charge in [-0.2, -0.15) is 0 Å². The average molecular weight is 273 g/mol. The quantitative estimate of drug-likeness (QED) is 0.670. The van der Waals surface area contributed by atoms with E-state index in [1.54, 1.807) is 12.1 Å². The number of nitro benzene ring substituents is 1. The van der Waals surface area contributed by atoms with Gasteiger partial charge in [0.2, 0.25) is 0 Å². The first-order chi connectivity index (χ1) is 9.52. The van der Waals surface area contributed by atoms with Crippen molar-refractivity contribution >= 4 is 22.2 Å². The smallest absolute Gasteiger partial charge is 0.270 e. The van der Waals surface area contributed by atoms with Crippen molar-refractivity contribution in [3.63, 3.8) is 0 Å². The Kier molecular flexibility index (Phi) is 4.20. The Balaban J connectivity index is 2.49. The predicted molar refractivity (Wildman–Crippen MR) is 81.8 cm³/mol. The molecule has 0 unspecified atom stereocenters. The number of non-ortho nitro benzene ring substituents is 1. The van der Waals surface area contributed by atoms with E-state index in [-0.39, 0.29) is 10.6 Å². The predicted octanol–water partition coefficient (Wildman–Crippen LogP) is 3.43. The van der Waals surface area contributed by atoms with Crippen LogP contribution in [0.5, 0.6) is 0 Å². The Labute approximate surface area is 118 Å². The van der Waals surface area contributed by atoms with Crippen molar-refractivity contribution in [1.29, 1.82) is 0 Å². The van der Waals surface area contributed by atoms with Gasteiger partial charge < -0.3 is 9.88 Å². The number of hydrogen-bond acceptors (Lipinski definition) is 3. The molecule has 0 bridgehead atoms. The Bertz CT molecular complexity index is 656. The molecule has 0 spiro atoms. The van der Waals surface area contributed by atoms with Crippen molar-refractivity contribution in [2.45, 2.75) is 13.3 Å². The first-order valence-electron chi connectivity index (χ1n) is 6.62. The fourth-order valence-electron chi connectivity index (χ4n) is 2.23. The molecule has 1 aromatic heterocycles. The van der Waals surface area contributed by atoms with Crippen LogP contribution in [0.4, 0.5) is 5.69 Å². The van der Waals surface area contributed by atoms with E-state index in [4.69, 9.17) is 0 Å². The SMILES string of the molecule is CC/C(=C\CN(C)C)c1c[nH]c2ccc([N+](=O)[O-])cc12. The second-order valence-electron chi connectivity index (χ2n) is 5.03. The maximum Gasteiger partial charge on any atom is 0.270 e. The highest BCUT2D eigenvalue weighted by atomic mass is 16.6. The number of nitrogens with one attached hydrogen (secondary N) is 1. The number of benzene rings is 1. The number of rotatable bonds is 5. The van der Waals surface area contributed by atoms with Gasteiger partial charge in [0, 0.05) is 41.3 Å². The normalized spacial score (nSPS) is 12.3. The molecule has 0 amide bonds. The molecular formula is C15H19N3O2. The first kappa shape index (κ1) is 14.3.